The van der Waals surface area contributed by atoms with Crippen molar-refractivity contribution in [3.8, 4) is 6.07 Å². The SMILES string of the molecule is N#CCNC(=O)N1CCN(CCO)CC1. The highest BCUT2D eigenvalue weighted by atomic mass is 16.3. The summed E-state index contributed by atoms with van der Waals surface area (Å²) < 4.78 is 0. The third kappa shape index (κ3) is 3.73. The molecule has 2 N–H and O–H groups in total. The molecule has 0 aromatic heterocycles. The fourth-order valence-corrected chi connectivity index (χ4v) is 1.54. The maximum Gasteiger partial charge on any atom is 0.318 e. The minimum absolute atomic E-state index is 0.0513. The molecular weight excluding hydrogens is 196 g/mol. The highest BCUT2D eigenvalue weighted by Crippen LogP contribution is 2.00. The molecule has 0 aromatic carbocycles. The number of hydrogen-bond donors (Lipinski definition) is 2. The Morgan fingerprint density at radius 2 is 2.07 bits per heavy atom. The molecule has 2 amide bonds. The molecule has 1 heterocycles. The predicted octanol–water partition coefficient (Wildman–Crippen LogP) is -1.17. The molecule has 0 aliphatic carbocycles. The molecular formula is C9H16N4O2. The first-order valence-corrected chi connectivity index (χ1v) is 5.01. The number of aliphatic hydroxyl groups excluding tert-OH is 1. The number of rotatable bonds is 3. The minimum Gasteiger partial charge on any atom is -0.395 e. The molecule has 15 heavy (non-hydrogen) atoms. The maximum absolute atomic E-state index is 11.4. The number of nitrogens with one attached hydrogen (secondary N) is 1. The summed E-state index contributed by atoms with van der Waals surface area (Å²) in [5.41, 5.74) is 0. The van der Waals surface area contributed by atoms with Gasteiger partial charge in [0, 0.05) is 32.7 Å². The largest absolute Gasteiger partial charge is 0.395 e. The van der Waals surface area contributed by atoms with Gasteiger partial charge in [-0.3, -0.25) is 4.90 Å². The lowest BCUT2D eigenvalue weighted by Crippen LogP contribution is -2.52. The minimum atomic E-state index is -0.180. The number of urea groups is 1. The van der Waals surface area contributed by atoms with Crippen LogP contribution in [-0.2, 0) is 0 Å². The lowest BCUT2D eigenvalue weighted by Gasteiger charge is -2.34. The molecule has 1 rings (SSSR count). The van der Waals surface area contributed by atoms with Crippen molar-refractivity contribution in [3.05, 3.63) is 0 Å². The summed E-state index contributed by atoms with van der Waals surface area (Å²) in [6, 6.07) is 1.68. The van der Waals surface area contributed by atoms with E-state index in [9.17, 15) is 4.79 Å². The Morgan fingerprint density at radius 1 is 1.40 bits per heavy atom. The Bertz CT molecular complexity index is 243. The maximum atomic E-state index is 11.4. The number of carbonyl (C=O) groups is 1. The number of hydrogen-bond acceptors (Lipinski definition) is 4. The fraction of sp³-hybridized carbons (Fsp3) is 0.778. The highest BCUT2D eigenvalue weighted by Gasteiger charge is 2.19. The molecule has 0 bridgehead atoms. The van der Waals surface area contributed by atoms with E-state index in [1.54, 1.807) is 4.90 Å². The Morgan fingerprint density at radius 3 is 2.60 bits per heavy atom. The van der Waals surface area contributed by atoms with Crippen LogP contribution in [-0.4, -0.2) is 66.8 Å². The number of nitriles is 1. The summed E-state index contributed by atoms with van der Waals surface area (Å²) in [7, 11) is 0. The number of nitrogens with zero attached hydrogens (tertiary/aromatic N) is 3. The summed E-state index contributed by atoms with van der Waals surface area (Å²) in [4.78, 5) is 15.2. The normalized spacial score (nSPS) is 17.2. The van der Waals surface area contributed by atoms with Gasteiger partial charge in [0.15, 0.2) is 0 Å². The van der Waals surface area contributed by atoms with E-state index in [0.717, 1.165) is 13.1 Å². The van der Waals surface area contributed by atoms with Crippen LogP contribution >= 0.6 is 0 Å². The van der Waals surface area contributed by atoms with E-state index in [1.165, 1.54) is 0 Å². The van der Waals surface area contributed by atoms with Gasteiger partial charge in [-0.25, -0.2) is 4.79 Å². The van der Waals surface area contributed by atoms with Gasteiger partial charge in [0.1, 0.15) is 6.54 Å². The fourth-order valence-electron chi connectivity index (χ4n) is 1.54. The Labute approximate surface area is 89.1 Å². The third-order valence-corrected chi connectivity index (χ3v) is 2.39. The van der Waals surface area contributed by atoms with Crippen LogP contribution in [0.3, 0.4) is 0 Å². The van der Waals surface area contributed by atoms with Gasteiger partial charge >= 0.3 is 6.03 Å². The quantitative estimate of drug-likeness (QED) is 0.578. The van der Waals surface area contributed by atoms with Gasteiger partial charge in [-0.2, -0.15) is 5.26 Å². The summed E-state index contributed by atoms with van der Waals surface area (Å²) in [6.45, 7) is 3.72. The standard InChI is InChI=1S/C9H16N4O2/c10-1-2-11-9(15)13-5-3-12(4-6-13)7-8-14/h14H,2-8H2,(H,11,15). The van der Waals surface area contributed by atoms with Crippen molar-refractivity contribution in [3.63, 3.8) is 0 Å². The topological polar surface area (TPSA) is 79.6 Å². The average molecular weight is 212 g/mol. The predicted molar refractivity (Wildman–Crippen MR) is 54.1 cm³/mol. The van der Waals surface area contributed by atoms with Crippen LogP contribution in [0.2, 0.25) is 0 Å². The van der Waals surface area contributed by atoms with E-state index >= 15 is 0 Å². The molecule has 1 aliphatic heterocycles. The van der Waals surface area contributed by atoms with Gasteiger partial charge in [0.25, 0.3) is 0 Å². The number of carbonyl (C=O) groups excluding carboxylic acids is 1. The molecule has 0 radical (unpaired) electrons. The van der Waals surface area contributed by atoms with E-state index in [0.29, 0.717) is 19.6 Å². The van der Waals surface area contributed by atoms with Crippen molar-refractivity contribution in [2.75, 3.05) is 45.9 Å². The van der Waals surface area contributed by atoms with Crippen molar-refractivity contribution in [1.29, 1.82) is 5.26 Å². The molecule has 6 nitrogen and oxygen atoms in total. The zero-order valence-electron chi connectivity index (χ0n) is 8.65. The highest BCUT2D eigenvalue weighted by molar-refractivity contribution is 5.74. The van der Waals surface area contributed by atoms with Crippen molar-refractivity contribution >= 4 is 6.03 Å². The lowest BCUT2D eigenvalue weighted by atomic mass is 10.3. The van der Waals surface area contributed by atoms with Crippen molar-refractivity contribution in [2.24, 2.45) is 0 Å². The molecule has 84 valence electrons. The van der Waals surface area contributed by atoms with Crippen LogP contribution in [0.25, 0.3) is 0 Å². The zero-order valence-corrected chi connectivity index (χ0v) is 8.65. The van der Waals surface area contributed by atoms with E-state index in [4.69, 9.17) is 10.4 Å². The Balaban J connectivity index is 2.25. The van der Waals surface area contributed by atoms with E-state index in [1.807, 2.05) is 6.07 Å². The van der Waals surface area contributed by atoms with Crippen LogP contribution in [0.1, 0.15) is 0 Å². The summed E-state index contributed by atoms with van der Waals surface area (Å²) >= 11 is 0. The van der Waals surface area contributed by atoms with Gasteiger partial charge < -0.3 is 15.3 Å². The van der Waals surface area contributed by atoms with E-state index < -0.39 is 0 Å². The summed E-state index contributed by atoms with van der Waals surface area (Å²) in [5.74, 6) is 0. The lowest BCUT2D eigenvalue weighted by molar-refractivity contribution is 0.122. The number of piperazine rings is 1. The van der Waals surface area contributed by atoms with Crippen LogP contribution in [0.15, 0.2) is 0 Å². The molecule has 1 fully saturated rings. The summed E-state index contributed by atoms with van der Waals surface area (Å²) in [5, 5.41) is 19.6. The molecule has 0 spiro atoms. The van der Waals surface area contributed by atoms with Crippen LogP contribution in [0.5, 0.6) is 0 Å². The molecule has 1 aliphatic rings. The first kappa shape index (κ1) is 11.8. The van der Waals surface area contributed by atoms with Crippen molar-refractivity contribution in [2.45, 2.75) is 0 Å². The Kier molecular flexibility index (Phi) is 4.87. The third-order valence-electron chi connectivity index (χ3n) is 2.39. The Hall–Kier alpha value is -1.32. The number of aliphatic hydroxyl groups is 1. The van der Waals surface area contributed by atoms with Gasteiger partial charge in [0.2, 0.25) is 0 Å². The first-order chi connectivity index (χ1) is 7.27. The number of β-amino-alcohol motifs (C(OH)–C–C–N with tert-alkyl or cyclic N) is 1. The molecule has 6 heteroatoms. The van der Waals surface area contributed by atoms with Crippen LogP contribution in [0.4, 0.5) is 4.79 Å². The smallest absolute Gasteiger partial charge is 0.318 e. The average Bonchev–Trinajstić information content (AvgIpc) is 2.27. The van der Waals surface area contributed by atoms with Crippen molar-refractivity contribution < 1.29 is 9.90 Å². The van der Waals surface area contributed by atoms with Crippen LogP contribution < -0.4 is 5.32 Å². The monoisotopic (exact) mass is 212 g/mol. The van der Waals surface area contributed by atoms with E-state index in [-0.39, 0.29) is 19.2 Å². The van der Waals surface area contributed by atoms with Gasteiger partial charge in [-0.05, 0) is 0 Å². The molecule has 1 saturated heterocycles. The summed E-state index contributed by atoms with van der Waals surface area (Å²) in [6.07, 6.45) is 0. The van der Waals surface area contributed by atoms with Crippen molar-refractivity contribution in [1.82, 2.24) is 15.1 Å². The second-order valence-electron chi connectivity index (χ2n) is 3.37. The second-order valence-corrected chi connectivity index (χ2v) is 3.37. The van der Waals surface area contributed by atoms with Crippen LogP contribution in [0, 0.1) is 11.3 Å². The molecule has 0 aromatic rings. The van der Waals surface area contributed by atoms with Gasteiger partial charge in [-0.15, -0.1) is 0 Å². The molecule has 0 atom stereocenters. The van der Waals surface area contributed by atoms with Gasteiger partial charge in [-0.1, -0.05) is 0 Å². The second kappa shape index (κ2) is 6.22. The zero-order chi connectivity index (χ0) is 11.1. The molecule has 0 saturated carbocycles. The van der Waals surface area contributed by atoms with E-state index in [2.05, 4.69) is 10.2 Å². The number of amides is 2. The molecule has 0 unspecified atom stereocenters. The van der Waals surface area contributed by atoms with Gasteiger partial charge in [0.05, 0.1) is 12.7 Å². The first-order valence-electron chi connectivity index (χ1n) is 5.01.